The molecule has 1 atom stereocenters. The molecule has 27 heavy (non-hydrogen) atoms. The molecular formula is C21H23N3O3. The third-order valence-electron chi connectivity index (χ3n) is 4.71. The molecule has 3 rings (SSSR count). The van der Waals surface area contributed by atoms with Crippen LogP contribution in [0.25, 0.3) is 0 Å². The van der Waals surface area contributed by atoms with E-state index in [4.69, 9.17) is 0 Å². The summed E-state index contributed by atoms with van der Waals surface area (Å²) in [5.74, 6) is -0.778. The fourth-order valence-corrected chi connectivity index (χ4v) is 3.17. The van der Waals surface area contributed by atoms with Gasteiger partial charge in [-0.1, -0.05) is 42.5 Å². The number of hydrogen-bond donors (Lipinski definition) is 2. The quantitative estimate of drug-likeness (QED) is 0.773. The third-order valence-corrected chi connectivity index (χ3v) is 4.71. The molecule has 2 aromatic carbocycles. The lowest BCUT2D eigenvalue weighted by molar-refractivity contribution is -0.133. The lowest BCUT2D eigenvalue weighted by atomic mass is 9.93. The first-order valence-electron chi connectivity index (χ1n) is 8.92. The summed E-state index contributed by atoms with van der Waals surface area (Å²) >= 11 is 0. The molecule has 1 aliphatic rings. The monoisotopic (exact) mass is 365 g/mol. The van der Waals surface area contributed by atoms with Crippen LogP contribution in [0.4, 0.5) is 10.5 Å². The predicted molar refractivity (Wildman–Crippen MR) is 103 cm³/mol. The highest BCUT2D eigenvalue weighted by molar-refractivity contribution is 6.09. The lowest BCUT2D eigenvalue weighted by Crippen LogP contribution is -2.45. The molecule has 1 heterocycles. The standard InChI is InChI=1S/C21H23N3O3/c1-15-7-6-10-17(13-15)22-18(25)14-24-19(26)21(2,23-20(24)27)12-11-16-8-4-3-5-9-16/h3-10,13H,11-12,14H2,1-2H3,(H,22,25)(H,23,27)/t21-/m0/s1. The molecule has 0 aromatic heterocycles. The Kier molecular flexibility index (Phi) is 5.26. The summed E-state index contributed by atoms with van der Waals surface area (Å²) in [5.41, 5.74) is 1.74. The van der Waals surface area contributed by atoms with E-state index >= 15 is 0 Å². The normalized spacial score (nSPS) is 19.1. The van der Waals surface area contributed by atoms with Gasteiger partial charge in [0.1, 0.15) is 12.1 Å². The van der Waals surface area contributed by atoms with Crippen LogP contribution in [0.1, 0.15) is 24.5 Å². The first kappa shape index (κ1) is 18.6. The summed E-state index contributed by atoms with van der Waals surface area (Å²) in [6.07, 6.45) is 1.13. The van der Waals surface area contributed by atoms with Gasteiger partial charge >= 0.3 is 6.03 Å². The zero-order valence-corrected chi connectivity index (χ0v) is 15.5. The highest BCUT2D eigenvalue weighted by atomic mass is 16.2. The average Bonchev–Trinajstić information content (AvgIpc) is 2.84. The van der Waals surface area contributed by atoms with Gasteiger partial charge in [0, 0.05) is 5.69 Å². The molecular weight excluding hydrogens is 342 g/mol. The van der Waals surface area contributed by atoms with Crippen LogP contribution in [0.5, 0.6) is 0 Å². The number of benzene rings is 2. The minimum absolute atomic E-state index is 0.306. The SMILES string of the molecule is Cc1cccc(NC(=O)CN2C(=O)N[C@@](C)(CCc3ccccc3)C2=O)c1. The number of hydrogen-bond acceptors (Lipinski definition) is 3. The molecule has 0 spiro atoms. The Morgan fingerprint density at radius 3 is 2.56 bits per heavy atom. The topological polar surface area (TPSA) is 78.5 Å². The van der Waals surface area contributed by atoms with Gasteiger partial charge < -0.3 is 10.6 Å². The van der Waals surface area contributed by atoms with Crippen molar-refractivity contribution >= 4 is 23.5 Å². The predicted octanol–water partition coefficient (Wildman–Crippen LogP) is 2.88. The molecule has 0 unspecified atom stereocenters. The summed E-state index contributed by atoms with van der Waals surface area (Å²) in [6, 6.07) is 16.6. The van der Waals surface area contributed by atoms with Crippen LogP contribution >= 0.6 is 0 Å². The first-order chi connectivity index (χ1) is 12.9. The average molecular weight is 365 g/mol. The van der Waals surface area contributed by atoms with Crippen molar-refractivity contribution in [3.05, 3.63) is 65.7 Å². The van der Waals surface area contributed by atoms with Crippen LogP contribution < -0.4 is 10.6 Å². The Morgan fingerprint density at radius 2 is 1.85 bits per heavy atom. The molecule has 0 radical (unpaired) electrons. The van der Waals surface area contributed by atoms with Crippen LogP contribution in [0.2, 0.25) is 0 Å². The fraction of sp³-hybridized carbons (Fsp3) is 0.286. The second kappa shape index (κ2) is 7.61. The number of rotatable bonds is 6. The summed E-state index contributed by atoms with van der Waals surface area (Å²) in [4.78, 5) is 38.3. The number of imide groups is 1. The maximum absolute atomic E-state index is 12.8. The fourth-order valence-electron chi connectivity index (χ4n) is 3.17. The minimum Gasteiger partial charge on any atom is -0.325 e. The smallest absolute Gasteiger partial charge is 0.325 e. The number of aryl methyl sites for hydroxylation is 2. The molecule has 1 aliphatic heterocycles. The largest absolute Gasteiger partial charge is 0.325 e. The van der Waals surface area contributed by atoms with Crippen molar-refractivity contribution in [2.24, 2.45) is 0 Å². The van der Waals surface area contributed by atoms with E-state index in [1.54, 1.807) is 13.0 Å². The Balaban J connectivity index is 1.62. The number of anilines is 1. The van der Waals surface area contributed by atoms with Crippen LogP contribution in [-0.4, -0.2) is 34.8 Å². The maximum Gasteiger partial charge on any atom is 0.325 e. The number of nitrogens with one attached hydrogen (secondary N) is 2. The van der Waals surface area contributed by atoms with E-state index in [1.165, 1.54) is 0 Å². The summed E-state index contributed by atoms with van der Waals surface area (Å²) in [5, 5.41) is 5.46. The van der Waals surface area contributed by atoms with Gasteiger partial charge in [-0.15, -0.1) is 0 Å². The van der Waals surface area contributed by atoms with E-state index in [0.717, 1.165) is 16.0 Å². The molecule has 6 heteroatoms. The number of carbonyl (C=O) groups excluding carboxylic acids is 3. The van der Waals surface area contributed by atoms with Crippen LogP contribution in [-0.2, 0) is 16.0 Å². The Bertz CT molecular complexity index is 866. The van der Waals surface area contributed by atoms with Crippen molar-refractivity contribution in [2.75, 3.05) is 11.9 Å². The van der Waals surface area contributed by atoms with Gasteiger partial charge in [0.25, 0.3) is 5.91 Å². The van der Waals surface area contributed by atoms with Crippen molar-refractivity contribution < 1.29 is 14.4 Å². The van der Waals surface area contributed by atoms with E-state index in [2.05, 4.69) is 10.6 Å². The Hall–Kier alpha value is -3.15. The van der Waals surface area contributed by atoms with Crippen molar-refractivity contribution in [3.63, 3.8) is 0 Å². The third kappa shape index (κ3) is 4.34. The molecule has 4 amide bonds. The van der Waals surface area contributed by atoms with Gasteiger partial charge in [-0.2, -0.15) is 0 Å². The molecule has 140 valence electrons. The highest BCUT2D eigenvalue weighted by Crippen LogP contribution is 2.23. The van der Waals surface area contributed by atoms with Crippen molar-refractivity contribution in [2.45, 2.75) is 32.2 Å². The zero-order chi connectivity index (χ0) is 19.4. The molecule has 1 fully saturated rings. The van der Waals surface area contributed by atoms with Crippen molar-refractivity contribution in [3.8, 4) is 0 Å². The van der Waals surface area contributed by atoms with Gasteiger partial charge in [0.2, 0.25) is 5.91 Å². The van der Waals surface area contributed by atoms with Crippen LogP contribution in [0.15, 0.2) is 54.6 Å². The lowest BCUT2D eigenvalue weighted by Gasteiger charge is -2.21. The van der Waals surface area contributed by atoms with Gasteiger partial charge in [-0.3, -0.25) is 14.5 Å². The number of carbonyl (C=O) groups is 3. The molecule has 0 aliphatic carbocycles. The van der Waals surface area contributed by atoms with Gasteiger partial charge in [0.15, 0.2) is 0 Å². The highest BCUT2D eigenvalue weighted by Gasteiger charge is 2.47. The molecule has 2 N–H and O–H groups in total. The van der Waals surface area contributed by atoms with E-state index in [0.29, 0.717) is 18.5 Å². The minimum atomic E-state index is -1.00. The number of nitrogens with zero attached hydrogens (tertiary/aromatic N) is 1. The Morgan fingerprint density at radius 1 is 1.11 bits per heavy atom. The molecule has 0 saturated carbocycles. The second-order valence-electron chi connectivity index (χ2n) is 7.06. The molecule has 1 saturated heterocycles. The van der Waals surface area contributed by atoms with Crippen molar-refractivity contribution in [1.29, 1.82) is 0 Å². The molecule has 6 nitrogen and oxygen atoms in total. The number of amides is 4. The maximum atomic E-state index is 12.8. The van der Waals surface area contributed by atoms with E-state index in [9.17, 15) is 14.4 Å². The van der Waals surface area contributed by atoms with Gasteiger partial charge in [-0.05, 0) is 49.9 Å². The summed E-state index contributed by atoms with van der Waals surface area (Å²) < 4.78 is 0. The summed E-state index contributed by atoms with van der Waals surface area (Å²) in [7, 11) is 0. The zero-order valence-electron chi connectivity index (χ0n) is 15.5. The van der Waals surface area contributed by atoms with Gasteiger partial charge in [-0.25, -0.2) is 4.79 Å². The Labute approximate surface area is 158 Å². The van der Waals surface area contributed by atoms with E-state index in [1.807, 2.05) is 55.5 Å². The van der Waals surface area contributed by atoms with Crippen LogP contribution in [0.3, 0.4) is 0 Å². The van der Waals surface area contributed by atoms with E-state index in [-0.39, 0.29) is 12.5 Å². The molecule has 2 aromatic rings. The molecule has 0 bridgehead atoms. The van der Waals surface area contributed by atoms with Gasteiger partial charge in [0.05, 0.1) is 0 Å². The first-order valence-corrected chi connectivity index (χ1v) is 8.92. The second-order valence-corrected chi connectivity index (χ2v) is 7.06. The van der Waals surface area contributed by atoms with Crippen LogP contribution in [0, 0.1) is 6.92 Å². The summed E-state index contributed by atoms with van der Waals surface area (Å²) in [6.45, 7) is 3.32. The van der Waals surface area contributed by atoms with Crippen molar-refractivity contribution in [1.82, 2.24) is 10.2 Å². The van der Waals surface area contributed by atoms with E-state index < -0.39 is 17.5 Å². The number of urea groups is 1.